The molecule has 2 N–H and O–H groups in total. The summed E-state index contributed by atoms with van der Waals surface area (Å²) < 4.78 is 11.0. The Balaban J connectivity index is 1.57. The smallest absolute Gasteiger partial charge is 0.253 e. The average molecular weight is 466 g/mol. The molecule has 2 aromatic carbocycles. The highest BCUT2D eigenvalue weighted by Gasteiger charge is 2.18. The maximum absolute atomic E-state index is 12.9. The molecule has 1 saturated heterocycles. The minimum Gasteiger partial charge on any atom is -0.497 e. The van der Waals surface area contributed by atoms with Crippen LogP contribution in [0.25, 0.3) is 10.9 Å². The van der Waals surface area contributed by atoms with E-state index in [4.69, 9.17) is 21.7 Å². The monoisotopic (exact) mass is 465 g/mol. The normalized spacial score (nSPS) is 15.5. The largest absolute Gasteiger partial charge is 0.497 e. The van der Waals surface area contributed by atoms with Crippen LogP contribution in [0.1, 0.15) is 36.5 Å². The number of methoxy groups -OCH3 is 1. The van der Waals surface area contributed by atoms with Crippen LogP contribution in [0, 0.1) is 0 Å². The fraction of sp³-hybridized carbons (Fsp3) is 0.385. The number of thiocarbonyl (C=S) groups is 1. The lowest BCUT2D eigenvalue weighted by Crippen LogP contribution is -2.42. The highest BCUT2D eigenvalue weighted by atomic mass is 32.1. The second kappa shape index (κ2) is 10.8. The summed E-state index contributed by atoms with van der Waals surface area (Å²) in [5.74, 6) is 0.807. The van der Waals surface area contributed by atoms with Crippen LogP contribution in [0.3, 0.4) is 0 Å². The number of aryl methyl sites for hydroxylation is 1. The summed E-state index contributed by atoms with van der Waals surface area (Å²) in [5.41, 5.74) is 3.77. The zero-order valence-corrected chi connectivity index (χ0v) is 20.0. The lowest BCUT2D eigenvalue weighted by atomic mass is 10.1. The number of pyridine rings is 1. The number of benzene rings is 2. The summed E-state index contributed by atoms with van der Waals surface area (Å²) in [6, 6.07) is 16.1. The maximum Gasteiger partial charge on any atom is 0.253 e. The highest BCUT2D eigenvalue weighted by Crippen LogP contribution is 2.18. The SMILES string of the molecule is CCc1ccc2[nH]c(=O)c(CN(Cc3ccc(OC)cc3)C(=S)NCC3CCCO3)cc2c1. The molecule has 1 aromatic heterocycles. The van der Waals surface area contributed by atoms with Crippen LogP contribution < -0.4 is 15.6 Å². The minimum atomic E-state index is -0.0894. The van der Waals surface area contributed by atoms with E-state index in [-0.39, 0.29) is 11.7 Å². The molecule has 1 fully saturated rings. The Labute approximate surface area is 199 Å². The Morgan fingerprint density at radius 2 is 1.97 bits per heavy atom. The predicted molar refractivity (Wildman–Crippen MR) is 136 cm³/mol. The van der Waals surface area contributed by atoms with E-state index in [0.717, 1.165) is 48.1 Å². The number of nitrogens with one attached hydrogen (secondary N) is 2. The topological polar surface area (TPSA) is 66.6 Å². The first-order chi connectivity index (χ1) is 16.1. The summed E-state index contributed by atoms with van der Waals surface area (Å²) in [4.78, 5) is 17.9. The second-order valence-electron chi connectivity index (χ2n) is 8.42. The molecule has 33 heavy (non-hydrogen) atoms. The molecule has 1 aliphatic heterocycles. The molecule has 174 valence electrons. The van der Waals surface area contributed by atoms with Crippen molar-refractivity contribution in [1.82, 2.24) is 15.2 Å². The zero-order chi connectivity index (χ0) is 23.2. The third-order valence-electron chi connectivity index (χ3n) is 6.08. The number of H-pyrrole nitrogens is 1. The number of rotatable bonds is 8. The first kappa shape index (κ1) is 23.3. The highest BCUT2D eigenvalue weighted by molar-refractivity contribution is 7.80. The molecule has 1 unspecified atom stereocenters. The van der Waals surface area contributed by atoms with E-state index in [1.807, 2.05) is 41.3 Å². The van der Waals surface area contributed by atoms with Crippen molar-refractivity contribution < 1.29 is 9.47 Å². The number of fused-ring (bicyclic) bond motifs is 1. The molecule has 2 heterocycles. The number of ether oxygens (including phenoxy) is 2. The molecule has 3 aromatic rings. The molecule has 1 aliphatic rings. The van der Waals surface area contributed by atoms with Gasteiger partial charge in [0.25, 0.3) is 5.56 Å². The Morgan fingerprint density at radius 1 is 1.18 bits per heavy atom. The van der Waals surface area contributed by atoms with Gasteiger partial charge < -0.3 is 24.7 Å². The summed E-state index contributed by atoms with van der Waals surface area (Å²) in [6.45, 7) is 4.59. The quantitative estimate of drug-likeness (QED) is 0.487. The molecule has 0 spiro atoms. The number of hydrogen-bond donors (Lipinski definition) is 2. The zero-order valence-electron chi connectivity index (χ0n) is 19.2. The average Bonchev–Trinajstić information content (AvgIpc) is 3.36. The van der Waals surface area contributed by atoms with E-state index in [9.17, 15) is 4.79 Å². The number of aromatic nitrogens is 1. The standard InChI is InChI=1S/C26H31N3O3S/c1-3-18-8-11-24-20(13-18)14-21(25(30)28-24)17-29(16-19-6-9-22(31-2)10-7-19)26(33)27-15-23-5-4-12-32-23/h6-11,13-14,23H,3-5,12,15-17H2,1-2H3,(H,27,33)(H,28,30). The van der Waals surface area contributed by atoms with Gasteiger partial charge >= 0.3 is 0 Å². The molecule has 6 nitrogen and oxygen atoms in total. The van der Waals surface area contributed by atoms with Gasteiger partial charge in [0.15, 0.2) is 5.11 Å². The number of hydrogen-bond acceptors (Lipinski definition) is 4. The van der Waals surface area contributed by atoms with Gasteiger partial charge in [0.1, 0.15) is 5.75 Å². The van der Waals surface area contributed by atoms with E-state index in [1.165, 1.54) is 5.56 Å². The van der Waals surface area contributed by atoms with Crippen LogP contribution in [0.4, 0.5) is 0 Å². The van der Waals surface area contributed by atoms with Crippen LogP contribution in [-0.4, -0.2) is 41.4 Å². The van der Waals surface area contributed by atoms with Gasteiger partial charge in [-0.3, -0.25) is 4.79 Å². The van der Waals surface area contributed by atoms with Crippen LogP contribution in [0.5, 0.6) is 5.75 Å². The summed E-state index contributed by atoms with van der Waals surface area (Å²) in [5, 5.41) is 5.01. The number of aromatic amines is 1. The fourth-order valence-corrected chi connectivity index (χ4v) is 4.33. The van der Waals surface area contributed by atoms with Gasteiger partial charge in [0, 0.05) is 30.8 Å². The lowest BCUT2D eigenvalue weighted by molar-refractivity contribution is 0.113. The summed E-state index contributed by atoms with van der Waals surface area (Å²) in [7, 11) is 1.65. The van der Waals surface area contributed by atoms with Gasteiger partial charge in [0.2, 0.25) is 0 Å². The molecule has 0 amide bonds. The number of nitrogens with zero attached hydrogens (tertiary/aromatic N) is 1. The summed E-state index contributed by atoms with van der Waals surface area (Å²) >= 11 is 5.76. The van der Waals surface area contributed by atoms with E-state index < -0.39 is 0 Å². The minimum absolute atomic E-state index is 0.0894. The first-order valence-electron chi connectivity index (χ1n) is 11.5. The maximum atomic E-state index is 12.9. The Morgan fingerprint density at radius 3 is 2.67 bits per heavy atom. The first-order valence-corrected chi connectivity index (χ1v) is 11.9. The Kier molecular flexibility index (Phi) is 7.62. The Bertz CT molecular complexity index is 1150. The van der Waals surface area contributed by atoms with Crippen LogP contribution >= 0.6 is 12.2 Å². The van der Waals surface area contributed by atoms with Crippen molar-refractivity contribution in [2.24, 2.45) is 0 Å². The van der Waals surface area contributed by atoms with Gasteiger partial charge in [-0.1, -0.05) is 25.1 Å². The van der Waals surface area contributed by atoms with Crippen LogP contribution in [0.2, 0.25) is 0 Å². The third kappa shape index (κ3) is 5.92. The molecular weight excluding hydrogens is 434 g/mol. The summed E-state index contributed by atoms with van der Waals surface area (Å²) in [6.07, 6.45) is 3.26. The van der Waals surface area contributed by atoms with Crippen molar-refractivity contribution in [1.29, 1.82) is 0 Å². The van der Waals surface area contributed by atoms with Gasteiger partial charge in [-0.25, -0.2) is 0 Å². The van der Waals surface area contributed by atoms with E-state index >= 15 is 0 Å². The molecule has 0 radical (unpaired) electrons. The van der Waals surface area contributed by atoms with E-state index in [0.29, 0.717) is 30.3 Å². The molecule has 0 saturated carbocycles. The third-order valence-corrected chi connectivity index (χ3v) is 6.48. The lowest BCUT2D eigenvalue weighted by Gasteiger charge is -2.27. The van der Waals surface area contributed by atoms with Gasteiger partial charge in [0.05, 0.1) is 19.8 Å². The van der Waals surface area contributed by atoms with Gasteiger partial charge in [-0.15, -0.1) is 0 Å². The van der Waals surface area contributed by atoms with Crippen molar-refractivity contribution in [2.45, 2.75) is 45.4 Å². The molecule has 4 rings (SSSR count). The fourth-order valence-electron chi connectivity index (χ4n) is 4.11. The van der Waals surface area contributed by atoms with Crippen molar-refractivity contribution in [3.63, 3.8) is 0 Å². The van der Waals surface area contributed by atoms with Crippen molar-refractivity contribution in [3.8, 4) is 5.75 Å². The second-order valence-corrected chi connectivity index (χ2v) is 8.81. The van der Waals surface area contributed by atoms with E-state index in [1.54, 1.807) is 7.11 Å². The molecule has 0 bridgehead atoms. The van der Waals surface area contributed by atoms with E-state index in [2.05, 4.69) is 29.4 Å². The van der Waals surface area contributed by atoms with Gasteiger partial charge in [-0.2, -0.15) is 0 Å². The van der Waals surface area contributed by atoms with Crippen molar-refractivity contribution in [2.75, 3.05) is 20.3 Å². The Hall–Kier alpha value is -2.90. The molecular formula is C26H31N3O3S. The van der Waals surface area contributed by atoms with Crippen molar-refractivity contribution in [3.05, 3.63) is 75.6 Å². The van der Waals surface area contributed by atoms with Crippen LogP contribution in [0.15, 0.2) is 53.3 Å². The van der Waals surface area contributed by atoms with Gasteiger partial charge in [-0.05, 0) is 78.3 Å². The molecule has 1 atom stereocenters. The van der Waals surface area contributed by atoms with Crippen molar-refractivity contribution >= 4 is 28.2 Å². The molecule has 0 aliphatic carbocycles. The molecule has 7 heteroatoms. The predicted octanol–water partition coefficient (Wildman–Crippen LogP) is 4.15. The van der Waals surface area contributed by atoms with Crippen LogP contribution in [-0.2, 0) is 24.2 Å².